The lowest BCUT2D eigenvalue weighted by atomic mass is 10.1. The van der Waals surface area contributed by atoms with Gasteiger partial charge in [-0.15, -0.1) is 11.3 Å². The minimum absolute atomic E-state index is 0.0527. The molecule has 5 heteroatoms. The summed E-state index contributed by atoms with van der Waals surface area (Å²) in [7, 11) is 0. The molecule has 2 aliphatic rings. The van der Waals surface area contributed by atoms with Crippen LogP contribution in [0.25, 0.3) is 0 Å². The molecule has 1 heterocycles. The van der Waals surface area contributed by atoms with Crippen molar-refractivity contribution in [3.05, 3.63) is 16.0 Å². The zero-order chi connectivity index (χ0) is 14.8. The fourth-order valence-electron chi connectivity index (χ4n) is 2.81. The highest BCUT2D eigenvalue weighted by molar-refractivity contribution is 7.17. The van der Waals surface area contributed by atoms with E-state index in [1.807, 2.05) is 6.92 Å². The summed E-state index contributed by atoms with van der Waals surface area (Å²) in [5, 5.41) is 3.67. The number of rotatable bonds is 4. The molecule has 1 aromatic rings. The van der Waals surface area contributed by atoms with Crippen LogP contribution in [0.1, 0.15) is 59.8 Å². The Bertz CT molecular complexity index is 560. The van der Waals surface area contributed by atoms with Gasteiger partial charge in [0, 0.05) is 10.8 Å². The quantitative estimate of drug-likeness (QED) is 0.684. The fourth-order valence-corrected chi connectivity index (χ4v) is 4.09. The molecule has 21 heavy (non-hydrogen) atoms. The average Bonchev–Trinajstić information content (AvgIpc) is 3.26. The number of carbonyl (C=O) groups is 2. The van der Waals surface area contributed by atoms with Crippen LogP contribution in [0.3, 0.4) is 0 Å². The van der Waals surface area contributed by atoms with Crippen LogP contribution in [0.15, 0.2) is 0 Å². The van der Waals surface area contributed by atoms with Gasteiger partial charge in [-0.05, 0) is 51.0 Å². The van der Waals surface area contributed by atoms with Gasteiger partial charge in [0.2, 0.25) is 5.91 Å². The number of aryl methyl sites for hydroxylation is 1. The molecule has 0 atom stereocenters. The summed E-state index contributed by atoms with van der Waals surface area (Å²) < 4.78 is 5.21. The third-order valence-corrected chi connectivity index (χ3v) is 5.29. The summed E-state index contributed by atoms with van der Waals surface area (Å²) in [5.74, 6) is -0.0955. The molecule has 1 fully saturated rings. The van der Waals surface area contributed by atoms with Gasteiger partial charge >= 0.3 is 5.97 Å². The standard InChI is InChI=1S/C16H21NO3S/c1-2-20-16(19)13-11-6-4-3-5-7-12(11)21-15(13)17-14(18)10-8-9-10/h10H,2-9H2,1H3,(H,17,18). The van der Waals surface area contributed by atoms with Crippen LogP contribution < -0.4 is 5.32 Å². The second-order valence-electron chi connectivity index (χ2n) is 5.75. The molecule has 0 aliphatic heterocycles. The molecule has 0 spiro atoms. The van der Waals surface area contributed by atoms with E-state index in [1.165, 1.54) is 11.3 Å². The highest BCUT2D eigenvalue weighted by Gasteiger charge is 2.32. The molecular formula is C16H21NO3S. The molecule has 1 saturated carbocycles. The second-order valence-corrected chi connectivity index (χ2v) is 6.86. The van der Waals surface area contributed by atoms with Crippen LogP contribution in [0.2, 0.25) is 0 Å². The van der Waals surface area contributed by atoms with E-state index < -0.39 is 0 Å². The molecule has 3 rings (SSSR count). The number of hydrogen-bond acceptors (Lipinski definition) is 4. The molecule has 1 aromatic heterocycles. The first-order valence-corrected chi connectivity index (χ1v) is 8.65. The van der Waals surface area contributed by atoms with Crippen molar-refractivity contribution in [3.8, 4) is 0 Å². The normalized spacial score (nSPS) is 17.8. The summed E-state index contributed by atoms with van der Waals surface area (Å²) in [4.78, 5) is 25.6. The Hall–Kier alpha value is -1.36. The van der Waals surface area contributed by atoms with Gasteiger partial charge in [0.1, 0.15) is 5.00 Å². The summed E-state index contributed by atoms with van der Waals surface area (Å²) in [6, 6.07) is 0. The van der Waals surface area contributed by atoms with Gasteiger partial charge in [-0.1, -0.05) is 6.42 Å². The number of hydrogen-bond donors (Lipinski definition) is 1. The van der Waals surface area contributed by atoms with Crippen molar-refractivity contribution in [2.75, 3.05) is 11.9 Å². The van der Waals surface area contributed by atoms with Crippen molar-refractivity contribution in [2.24, 2.45) is 5.92 Å². The van der Waals surface area contributed by atoms with E-state index in [1.54, 1.807) is 11.3 Å². The maximum atomic E-state index is 12.3. The molecule has 0 aromatic carbocycles. The Kier molecular flexibility index (Phi) is 4.29. The number of fused-ring (bicyclic) bond motifs is 1. The van der Waals surface area contributed by atoms with Gasteiger partial charge in [0.25, 0.3) is 0 Å². The molecule has 0 saturated heterocycles. The predicted octanol–water partition coefficient (Wildman–Crippen LogP) is 3.54. The summed E-state index contributed by atoms with van der Waals surface area (Å²) in [6.45, 7) is 2.17. The average molecular weight is 307 g/mol. The zero-order valence-corrected chi connectivity index (χ0v) is 13.2. The van der Waals surface area contributed by atoms with Gasteiger partial charge < -0.3 is 10.1 Å². The van der Waals surface area contributed by atoms with Crippen LogP contribution in [0.4, 0.5) is 5.00 Å². The number of amides is 1. The Morgan fingerprint density at radius 2 is 2.00 bits per heavy atom. The van der Waals surface area contributed by atoms with Crippen molar-refractivity contribution in [1.29, 1.82) is 0 Å². The van der Waals surface area contributed by atoms with E-state index in [0.717, 1.165) is 44.1 Å². The van der Waals surface area contributed by atoms with Crippen LogP contribution in [-0.2, 0) is 22.4 Å². The van der Waals surface area contributed by atoms with Gasteiger partial charge in [0.05, 0.1) is 12.2 Å². The van der Waals surface area contributed by atoms with Crippen LogP contribution in [0, 0.1) is 5.92 Å². The third-order valence-electron chi connectivity index (χ3n) is 4.09. The Morgan fingerprint density at radius 3 is 2.71 bits per heavy atom. The summed E-state index contributed by atoms with van der Waals surface area (Å²) >= 11 is 1.57. The summed E-state index contributed by atoms with van der Waals surface area (Å²) in [6.07, 6.45) is 7.31. The first-order chi connectivity index (χ1) is 10.2. The lowest BCUT2D eigenvalue weighted by molar-refractivity contribution is -0.117. The van der Waals surface area contributed by atoms with Crippen molar-refractivity contribution < 1.29 is 14.3 Å². The predicted molar refractivity (Wildman–Crippen MR) is 82.9 cm³/mol. The summed E-state index contributed by atoms with van der Waals surface area (Å²) in [5.41, 5.74) is 1.73. The largest absolute Gasteiger partial charge is 0.462 e. The number of nitrogens with one attached hydrogen (secondary N) is 1. The van der Waals surface area contributed by atoms with E-state index in [4.69, 9.17) is 4.74 Å². The monoisotopic (exact) mass is 307 g/mol. The highest BCUT2D eigenvalue weighted by Crippen LogP contribution is 2.39. The molecule has 0 bridgehead atoms. The van der Waals surface area contributed by atoms with Crippen molar-refractivity contribution in [3.63, 3.8) is 0 Å². The van der Waals surface area contributed by atoms with Gasteiger partial charge in [-0.2, -0.15) is 0 Å². The molecule has 0 unspecified atom stereocenters. The Morgan fingerprint density at radius 1 is 1.24 bits per heavy atom. The van der Waals surface area contributed by atoms with Crippen LogP contribution in [-0.4, -0.2) is 18.5 Å². The maximum absolute atomic E-state index is 12.3. The second kappa shape index (κ2) is 6.18. The van der Waals surface area contributed by atoms with E-state index in [2.05, 4.69) is 5.32 Å². The first kappa shape index (κ1) is 14.6. The number of ether oxygens (including phenoxy) is 1. The molecule has 2 aliphatic carbocycles. The molecule has 0 radical (unpaired) electrons. The zero-order valence-electron chi connectivity index (χ0n) is 12.4. The van der Waals surface area contributed by atoms with Gasteiger partial charge in [-0.3, -0.25) is 4.79 Å². The Labute approximate surface area is 128 Å². The molecule has 114 valence electrons. The number of thiophene rings is 1. The number of esters is 1. The molecular weight excluding hydrogens is 286 g/mol. The van der Waals surface area contributed by atoms with Crippen molar-refractivity contribution >= 4 is 28.2 Å². The van der Waals surface area contributed by atoms with Gasteiger partial charge in [-0.25, -0.2) is 4.79 Å². The van der Waals surface area contributed by atoms with E-state index >= 15 is 0 Å². The third kappa shape index (κ3) is 3.12. The van der Waals surface area contributed by atoms with E-state index in [0.29, 0.717) is 17.2 Å². The minimum Gasteiger partial charge on any atom is -0.462 e. The lowest BCUT2D eigenvalue weighted by Gasteiger charge is -2.08. The van der Waals surface area contributed by atoms with E-state index in [9.17, 15) is 9.59 Å². The molecule has 1 amide bonds. The first-order valence-electron chi connectivity index (χ1n) is 7.83. The molecule has 4 nitrogen and oxygen atoms in total. The number of anilines is 1. The van der Waals surface area contributed by atoms with Crippen molar-refractivity contribution in [1.82, 2.24) is 0 Å². The van der Waals surface area contributed by atoms with E-state index in [-0.39, 0.29) is 17.8 Å². The number of carbonyl (C=O) groups excluding carboxylic acids is 2. The maximum Gasteiger partial charge on any atom is 0.341 e. The highest BCUT2D eigenvalue weighted by atomic mass is 32.1. The van der Waals surface area contributed by atoms with Crippen molar-refractivity contribution in [2.45, 2.75) is 51.9 Å². The molecule has 1 N–H and O–H groups in total. The Balaban J connectivity index is 1.92. The topological polar surface area (TPSA) is 55.4 Å². The van der Waals surface area contributed by atoms with Crippen LogP contribution >= 0.6 is 11.3 Å². The fraction of sp³-hybridized carbons (Fsp3) is 0.625. The van der Waals surface area contributed by atoms with Crippen LogP contribution in [0.5, 0.6) is 0 Å². The minimum atomic E-state index is -0.289. The SMILES string of the molecule is CCOC(=O)c1c(NC(=O)C2CC2)sc2c1CCCCC2. The lowest BCUT2D eigenvalue weighted by Crippen LogP contribution is -2.16. The van der Waals surface area contributed by atoms with Gasteiger partial charge in [0.15, 0.2) is 0 Å². The smallest absolute Gasteiger partial charge is 0.341 e.